The van der Waals surface area contributed by atoms with Crippen LogP contribution >= 0.6 is 0 Å². The number of rotatable bonds is 6. The lowest BCUT2D eigenvalue weighted by molar-refractivity contribution is 0.415. The molecular weight excluding hydrogens is 314 g/mol. The van der Waals surface area contributed by atoms with E-state index in [2.05, 4.69) is 25.9 Å². The largest absolute Gasteiger partial charge is 0.497 e. The lowest BCUT2D eigenvalue weighted by Gasteiger charge is -2.08. The van der Waals surface area contributed by atoms with Crippen LogP contribution in [0.2, 0.25) is 0 Å². The molecular formula is C19H23N5O. The summed E-state index contributed by atoms with van der Waals surface area (Å²) in [6.45, 7) is 3.54. The van der Waals surface area contributed by atoms with E-state index in [9.17, 15) is 0 Å². The molecule has 0 unspecified atom stereocenters. The molecule has 6 heteroatoms. The summed E-state index contributed by atoms with van der Waals surface area (Å²) >= 11 is 0. The minimum Gasteiger partial charge on any atom is -0.497 e. The van der Waals surface area contributed by atoms with Gasteiger partial charge in [-0.3, -0.25) is 4.99 Å². The molecule has 3 aromatic rings. The van der Waals surface area contributed by atoms with Crippen molar-refractivity contribution in [2.45, 2.75) is 19.9 Å². The Morgan fingerprint density at radius 2 is 2.08 bits per heavy atom. The first kappa shape index (κ1) is 16.8. The highest BCUT2D eigenvalue weighted by Gasteiger charge is 2.05. The number of fused-ring (bicyclic) bond motifs is 1. The zero-order valence-corrected chi connectivity index (χ0v) is 14.6. The smallest absolute Gasteiger partial charge is 0.193 e. The molecule has 1 aromatic heterocycles. The van der Waals surface area contributed by atoms with Crippen molar-refractivity contribution in [3.63, 3.8) is 0 Å². The molecule has 3 N–H and O–H groups in total. The van der Waals surface area contributed by atoms with E-state index in [1.165, 1.54) is 0 Å². The molecule has 1 heterocycles. The Bertz CT molecular complexity index is 884. The van der Waals surface area contributed by atoms with Crippen molar-refractivity contribution in [2.75, 3.05) is 19.0 Å². The van der Waals surface area contributed by atoms with Crippen LogP contribution in [0.1, 0.15) is 12.2 Å². The Hall–Kier alpha value is -3.02. The summed E-state index contributed by atoms with van der Waals surface area (Å²) in [6.07, 6.45) is 0.891. The lowest BCUT2D eigenvalue weighted by Crippen LogP contribution is -2.23. The summed E-state index contributed by atoms with van der Waals surface area (Å²) in [7, 11) is 1.64. The summed E-state index contributed by atoms with van der Waals surface area (Å²) < 4.78 is 7.41. The van der Waals surface area contributed by atoms with Gasteiger partial charge >= 0.3 is 0 Å². The van der Waals surface area contributed by atoms with Crippen LogP contribution in [0, 0.1) is 6.92 Å². The summed E-state index contributed by atoms with van der Waals surface area (Å²) in [5.74, 6) is 2.20. The number of hydrogen-bond donors (Lipinski definition) is 2. The van der Waals surface area contributed by atoms with Crippen molar-refractivity contribution in [1.29, 1.82) is 0 Å². The number of nitrogens with one attached hydrogen (secondary N) is 1. The Balaban J connectivity index is 1.56. The first-order valence-corrected chi connectivity index (χ1v) is 8.30. The van der Waals surface area contributed by atoms with Crippen LogP contribution in [0.5, 0.6) is 5.75 Å². The molecule has 3 rings (SSSR count). The number of aromatic nitrogens is 2. The molecule has 0 radical (unpaired) electrons. The number of guanidine groups is 1. The zero-order valence-electron chi connectivity index (χ0n) is 14.6. The van der Waals surface area contributed by atoms with Gasteiger partial charge in [-0.2, -0.15) is 0 Å². The number of imidazole rings is 1. The number of methoxy groups -OCH3 is 1. The van der Waals surface area contributed by atoms with Gasteiger partial charge in [-0.05, 0) is 37.6 Å². The summed E-state index contributed by atoms with van der Waals surface area (Å²) in [5, 5.41) is 3.08. The third-order valence-corrected chi connectivity index (χ3v) is 4.01. The highest BCUT2D eigenvalue weighted by molar-refractivity contribution is 5.92. The molecule has 6 nitrogen and oxygen atoms in total. The molecule has 0 aliphatic heterocycles. The fourth-order valence-electron chi connectivity index (χ4n) is 2.79. The van der Waals surface area contributed by atoms with Crippen LogP contribution in [0.3, 0.4) is 0 Å². The molecule has 0 aliphatic carbocycles. The quantitative estimate of drug-likeness (QED) is 0.411. The van der Waals surface area contributed by atoms with Gasteiger partial charge in [-0.25, -0.2) is 4.98 Å². The zero-order chi connectivity index (χ0) is 17.6. The maximum atomic E-state index is 5.96. The van der Waals surface area contributed by atoms with Gasteiger partial charge in [0.25, 0.3) is 0 Å². The number of nitrogens with two attached hydrogens (primary N) is 1. The Labute approximate surface area is 147 Å². The van der Waals surface area contributed by atoms with E-state index in [4.69, 9.17) is 10.5 Å². The van der Waals surface area contributed by atoms with Crippen molar-refractivity contribution >= 4 is 22.7 Å². The number of anilines is 1. The second-order valence-electron chi connectivity index (χ2n) is 5.78. The second-order valence-corrected chi connectivity index (χ2v) is 5.78. The van der Waals surface area contributed by atoms with Crippen LogP contribution < -0.4 is 15.8 Å². The number of benzene rings is 2. The van der Waals surface area contributed by atoms with Gasteiger partial charge in [0, 0.05) is 24.8 Å². The topological polar surface area (TPSA) is 77.5 Å². The van der Waals surface area contributed by atoms with E-state index >= 15 is 0 Å². The summed E-state index contributed by atoms with van der Waals surface area (Å²) in [4.78, 5) is 8.97. The number of aliphatic imine (C=N–C) groups is 1. The third-order valence-electron chi connectivity index (χ3n) is 4.01. The predicted octanol–water partition coefficient (Wildman–Crippen LogP) is 3.17. The van der Waals surface area contributed by atoms with E-state index in [0.29, 0.717) is 12.5 Å². The standard InChI is InChI=1S/C19H23N5O/c1-14-22-17-9-3-4-10-18(17)24(14)12-6-11-21-19(20)23-15-7-5-8-16(13-15)25-2/h3-5,7-10,13H,6,11-12H2,1-2H3,(H3,20,21,23). The number of aryl methyl sites for hydroxylation is 2. The fraction of sp³-hybridized carbons (Fsp3) is 0.263. The molecule has 2 aromatic carbocycles. The van der Waals surface area contributed by atoms with Gasteiger partial charge in [-0.1, -0.05) is 18.2 Å². The minimum absolute atomic E-state index is 0.403. The minimum atomic E-state index is 0.403. The van der Waals surface area contributed by atoms with Gasteiger partial charge in [0.1, 0.15) is 11.6 Å². The van der Waals surface area contributed by atoms with Crippen molar-refractivity contribution in [1.82, 2.24) is 9.55 Å². The van der Waals surface area contributed by atoms with Crippen molar-refractivity contribution in [2.24, 2.45) is 10.7 Å². The van der Waals surface area contributed by atoms with Gasteiger partial charge in [0.2, 0.25) is 0 Å². The Kier molecular flexibility index (Phi) is 5.18. The van der Waals surface area contributed by atoms with E-state index in [0.717, 1.165) is 41.3 Å². The van der Waals surface area contributed by atoms with Crippen LogP contribution in [0.4, 0.5) is 5.69 Å². The SMILES string of the molecule is COc1cccc(NC(N)=NCCCn2c(C)nc3ccccc32)c1. The van der Waals surface area contributed by atoms with Crippen LogP contribution in [-0.4, -0.2) is 29.2 Å². The number of nitrogens with zero attached hydrogens (tertiary/aromatic N) is 3. The summed E-state index contributed by atoms with van der Waals surface area (Å²) in [6, 6.07) is 15.8. The Morgan fingerprint density at radius 3 is 2.92 bits per heavy atom. The molecule has 0 fully saturated rings. The third kappa shape index (κ3) is 4.09. The average molecular weight is 337 g/mol. The van der Waals surface area contributed by atoms with E-state index in [1.807, 2.05) is 49.4 Å². The average Bonchev–Trinajstić information content (AvgIpc) is 2.94. The highest BCUT2D eigenvalue weighted by atomic mass is 16.5. The maximum absolute atomic E-state index is 5.96. The van der Waals surface area contributed by atoms with Crippen molar-refractivity contribution < 1.29 is 4.74 Å². The number of hydrogen-bond acceptors (Lipinski definition) is 3. The van der Waals surface area contributed by atoms with Gasteiger partial charge in [-0.15, -0.1) is 0 Å². The van der Waals surface area contributed by atoms with E-state index in [-0.39, 0.29) is 0 Å². The van der Waals surface area contributed by atoms with Crippen LogP contribution in [0.25, 0.3) is 11.0 Å². The predicted molar refractivity (Wildman–Crippen MR) is 102 cm³/mol. The summed E-state index contributed by atoms with van der Waals surface area (Å²) in [5.41, 5.74) is 9.00. The maximum Gasteiger partial charge on any atom is 0.193 e. The lowest BCUT2D eigenvalue weighted by atomic mass is 10.3. The molecule has 0 spiro atoms. The second kappa shape index (κ2) is 7.70. The molecule has 0 aliphatic rings. The fourth-order valence-corrected chi connectivity index (χ4v) is 2.79. The molecule has 130 valence electrons. The molecule has 0 atom stereocenters. The molecule has 0 saturated carbocycles. The van der Waals surface area contributed by atoms with E-state index in [1.54, 1.807) is 7.11 Å². The monoisotopic (exact) mass is 337 g/mol. The highest BCUT2D eigenvalue weighted by Crippen LogP contribution is 2.17. The molecule has 0 amide bonds. The first-order chi connectivity index (χ1) is 12.2. The number of para-hydroxylation sites is 2. The van der Waals surface area contributed by atoms with Gasteiger partial charge in [0.15, 0.2) is 5.96 Å². The van der Waals surface area contributed by atoms with Crippen molar-refractivity contribution in [3.05, 3.63) is 54.4 Å². The molecule has 25 heavy (non-hydrogen) atoms. The molecule has 0 saturated heterocycles. The first-order valence-electron chi connectivity index (χ1n) is 8.30. The van der Waals surface area contributed by atoms with Crippen LogP contribution in [0.15, 0.2) is 53.5 Å². The van der Waals surface area contributed by atoms with Gasteiger partial charge < -0.3 is 20.4 Å². The van der Waals surface area contributed by atoms with E-state index < -0.39 is 0 Å². The normalized spacial score (nSPS) is 11.7. The van der Waals surface area contributed by atoms with Crippen LogP contribution in [-0.2, 0) is 6.54 Å². The van der Waals surface area contributed by atoms with Gasteiger partial charge in [0.05, 0.1) is 18.1 Å². The molecule has 0 bridgehead atoms. The Morgan fingerprint density at radius 1 is 1.24 bits per heavy atom. The number of ether oxygens (including phenoxy) is 1. The van der Waals surface area contributed by atoms with Crippen molar-refractivity contribution in [3.8, 4) is 5.75 Å².